The molecule has 1 aliphatic carbocycles. The first-order valence-corrected chi connectivity index (χ1v) is 11.2. The molecule has 33 heavy (non-hydrogen) atoms. The number of ether oxygens (including phenoxy) is 1. The predicted molar refractivity (Wildman–Crippen MR) is 123 cm³/mol. The number of hydrogen-bond donors (Lipinski definition) is 3. The molecule has 1 saturated heterocycles. The fourth-order valence-electron chi connectivity index (χ4n) is 5.31. The second-order valence-corrected chi connectivity index (χ2v) is 9.73. The van der Waals surface area contributed by atoms with Gasteiger partial charge in [0.1, 0.15) is 17.2 Å². The summed E-state index contributed by atoms with van der Waals surface area (Å²) in [6.07, 6.45) is 6.92. The highest BCUT2D eigenvalue weighted by molar-refractivity contribution is 6.18. The number of benzene rings is 1. The summed E-state index contributed by atoms with van der Waals surface area (Å²) in [7, 11) is 0. The molecule has 0 radical (unpaired) electrons. The van der Waals surface area contributed by atoms with Gasteiger partial charge in [-0.25, -0.2) is 13.8 Å². The Labute approximate surface area is 191 Å². The molecule has 7 nitrogen and oxygen atoms in total. The average Bonchev–Trinajstić information content (AvgIpc) is 3.40. The largest absolute Gasteiger partial charge is 0.487 e. The monoisotopic (exact) mass is 455 g/mol. The molecule has 174 valence electrons. The van der Waals surface area contributed by atoms with Crippen LogP contribution in [0.25, 0.3) is 0 Å². The lowest BCUT2D eigenvalue weighted by Crippen LogP contribution is -2.29. The SMILES string of the molecule is CC1(C)Cc2cc(NC(=O)/C(C=N)=C3\N=CC=CN3)c(N3C[C@H]4CCC(F)(F)[C@H]4C3)cc2O1. The van der Waals surface area contributed by atoms with Gasteiger partial charge in [-0.1, -0.05) is 0 Å². The van der Waals surface area contributed by atoms with Gasteiger partial charge in [0, 0.05) is 62.1 Å². The number of fused-ring (bicyclic) bond motifs is 2. The third-order valence-electron chi connectivity index (χ3n) is 6.85. The van der Waals surface area contributed by atoms with Gasteiger partial charge in [-0.2, -0.15) is 0 Å². The van der Waals surface area contributed by atoms with Gasteiger partial charge in [0.05, 0.1) is 16.9 Å². The van der Waals surface area contributed by atoms with E-state index in [4.69, 9.17) is 10.1 Å². The summed E-state index contributed by atoms with van der Waals surface area (Å²) >= 11 is 0. The summed E-state index contributed by atoms with van der Waals surface area (Å²) in [4.78, 5) is 19.2. The van der Waals surface area contributed by atoms with Crippen LogP contribution in [0.2, 0.25) is 0 Å². The van der Waals surface area contributed by atoms with Crippen molar-refractivity contribution in [1.29, 1.82) is 5.41 Å². The van der Waals surface area contributed by atoms with Crippen LogP contribution in [0.4, 0.5) is 20.2 Å². The number of nitrogens with zero attached hydrogens (tertiary/aromatic N) is 2. The molecule has 1 aromatic carbocycles. The van der Waals surface area contributed by atoms with Crippen molar-refractivity contribution >= 4 is 29.7 Å². The molecule has 1 saturated carbocycles. The van der Waals surface area contributed by atoms with Crippen molar-refractivity contribution in [3.05, 3.63) is 41.4 Å². The summed E-state index contributed by atoms with van der Waals surface area (Å²) < 4.78 is 34.9. The summed E-state index contributed by atoms with van der Waals surface area (Å²) in [5, 5.41) is 13.5. The van der Waals surface area contributed by atoms with E-state index in [1.165, 1.54) is 6.21 Å². The first-order chi connectivity index (χ1) is 15.7. The number of carbonyl (C=O) groups is 1. The molecule has 1 amide bonds. The fraction of sp³-hybridized carbons (Fsp3) is 0.458. The second-order valence-electron chi connectivity index (χ2n) is 9.73. The van der Waals surface area contributed by atoms with Crippen molar-refractivity contribution in [2.75, 3.05) is 23.3 Å². The van der Waals surface area contributed by atoms with Gasteiger partial charge in [-0.3, -0.25) is 4.79 Å². The summed E-state index contributed by atoms with van der Waals surface area (Å²) in [6.45, 7) is 4.73. The molecule has 2 fully saturated rings. The van der Waals surface area contributed by atoms with E-state index in [-0.39, 0.29) is 35.9 Å². The van der Waals surface area contributed by atoms with E-state index < -0.39 is 17.7 Å². The molecule has 2 atom stereocenters. The van der Waals surface area contributed by atoms with Gasteiger partial charge in [0.15, 0.2) is 0 Å². The maximum atomic E-state index is 14.4. The van der Waals surface area contributed by atoms with Crippen molar-refractivity contribution in [3.8, 4) is 5.75 Å². The molecule has 9 heteroatoms. The number of carbonyl (C=O) groups excluding carboxylic acids is 1. The zero-order valence-electron chi connectivity index (χ0n) is 18.6. The molecule has 5 rings (SSSR count). The highest BCUT2D eigenvalue weighted by Gasteiger charge is 2.54. The van der Waals surface area contributed by atoms with Crippen molar-refractivity contribution in [1.82, 2.24) is 5.32 Å². The van der Waals surface area contributed by atoms with Crippen LogP contribution in [0, 0.1) is 17.2 Å². The van der Waals surface area contributed by atoms with Crippen LogP contribution >= 0.6 is 0 Å². The Kier molecular flexibility index (Phi) is 5.02. The lowest BCUT2D eigenvalue weighted by molar-refractivity contribution is -0.112. The lowest BCUT2D eigenvalue weighted by Gasteiger charge is -2.25. The quantitative estimate of drug-likeness (QED) is 0.475. The number of aliphatic imine (C=N–C) groups is 1. The average molecular weight is 456 g/mol. The van der Waals surface area contributed by atoms with Crippen LogP contribution in [0.15, 0.2) is 40.8 Å². The Hall–Kier alpha value is -3.23. The Bertz CT molecular complexity index is 1110. The third kappa shape index (κ3) is 3.89. The fourth-order valence-corrected chi connectivity index (χ4v) is 5.31. The summed E-state index contributed by atoms with van der Waals surface area (Å²) in [5.41, 5.74) is 1.83. The molecule has 0 aromatic heterocycles. The first kappa shape index (κ1) is 21.6. The minimum Gasteiger partial charge on any atom is -0.487 e. The van der Waals surface area contributed by atoms with Crippen LogP contribution in [0.5, 0.6) is 5.75 Å². The van der Waals surface area contributed by atoms with Crippen LogP contribution < -0.4 is 20.3 Å². The number of halogens is 2. The molecule has 1 aromatic rings. The van der Waals surface area contributed by atoms with Crippen LogP contribution in [-0.4, -0.2) is 42.9 Å². The molecule has 4 aliphatic rings. The van der Waals surface area contributed by atoms with Gasteiger partial charge in [0.2, 0.25) is 0 Å². The molecule has 3 aliphatic heterocycles. The Balaban J connectivity index is 1.49. The molecule has 0 spiro atoms. The van der Waals surface area contributed by atoms with Gasteiger partial charge in [-0.05, 0) is 38.3 Å². The standard InChI is InChI=1S/C24H27F2N5O2/c1-23(2)10-15-8-18(30-22(32)16(11-27)21-28-6-3-7-29-21)19(9-20(15)33-23)31-12-14-4-5-24(25,26)17(14)13-31/h3,6-9,11,14,17,27-28H,4-5,10,12-13H2,1-2H3,(H,30,32)/b21-16-,27-11?/t14-,17+/m1/s1. The molecule has 0 unspecified atom stereocenters. The predicted octanol–water partition coefficient (Wildman–Crippen LogP) is 3.87. The van der Waals surface area contributed by atoms with Crippen molar-refractivity contribution in [3.63, 3.8) is 0 Å². The third-order valence-corrected chi connectivity index (χ3v) is 6.85. The van der Waals surface area contributed by atoms with E-state index in [1.807, 2.05) is 30.9 Å². The lowest BCUT2D eigenvalue weighted by atomic mass is 9.99. The highest BCUT2D eigenvalue weighted by Crippen LogP contribution is 2.51. The van der Waals surface area contributed by atoms with Gasteiger partial charge >= 0.3 is 0 Å². The minimum atomic E-state index is -2.66. The van der Waals surface area contributed by atoms with E-state index in [0.29, 0.717) is 36.5 Å². The Morgan fingerprint density at radius 1 is 1.36 bits per heavy atom. The van der Waals surface area contributed by atoms with Gasteiger partial charge in [0.25, 0.3) is 11.8 Å². The number of rotatable bonds is 4. The minimum absolute atomic E-state index is 0.0561. The Morgan fingerprint density at radius 3 is 2.88 bits per heavy atom. The number of allylic oxidation sites excluding steroid dienone is 1. The van der Waals surface area contributed by atoms with Crippen molar-refractivity contribution in [2.45, 2.75) is 44.6 Å². The second kappa shape index (κ2) is 7.67. The smallest absolute Gasteiger partial charge is 0.261 e. The maximum Gasteiger partial charge on any atom is 0.261 e. The summed E-state index contributed by atoms with van der Waals surface area (Å²) in [5.74, 6) is -2.92. The number of nitrogens with one attached hydrogen (secondary N) is 3. The van der Waals surface area contributed by atoms with Crippen molar-refractivity contribution < 1.29 is 18.3 Å². The zero-order chi connectivity index (χ0) is 23.4. The normalized spacial score (nSPS) is 27.5. The number of anilines is 2. The highest BCUT2D eigenvalue weighted by atomic mass is 19.3. The number of hydrogen-bond acceptors (Lipinski definition) is 6. The zero-order valence-corrected chi connectivity index (χ0v) is 18.6. The molecule has 0 bridgehead atoms. The van der Waals surface area contributed by atoms with E-state index >= 15 is 0 Å². The van der Waals surface area contributed by atoms with E-state index in [2.05, 4.69) is 15.6 Å². The van der Waals surface area contributed by atoms with Gasteiger partial charge in [-0.15, -0.1) is 0 Å². The van der Waals surface area contributed by atoms with E-state index in [9.17, 15) is 13.6 Å². The molecular weight excluding hydrogens is 428 g/mol. The number of alkyl halides is 2. The molecule has 3 heterocycles. The summed E-state index contributed by atoms with van der Waals surface area (Å²) in [6, 6.07) is 3.73. The van der Waals surface area contributed by atoms with Crippen molar-refractivity contribution in [2.24, 2.45) is 16.8 Å². The molecular formula is C24H27F2N5O2. The maximum absolute atomic E-state index is 14.4. The van der Waals surface area contributed by atoms with E-state index in [0.717, 1.165) is 11.8 Å². The van der Waals surface area contributed by atoms with Crippen LogP contribution in [0.3, 0.4) is 0 Å². The number of amides is 1. The van der Waals surface area contributed by atoms with E-state index in [1.54, 1.807) is 12.3 Å². The van der Waals surface area contributed by atoms with Crippen LogP contribution in [-0.2, 0) is 11.2 Å². The molecule has 3 N–H and O–H groups in total. The first-order valence-electron chi connectivity index (χ1n) is 11.2. The topological polar surface area (TPSA) is 89.8 Å². The Morgan fingerprint density at radius 2 is 2.18 bits per heavy atom. The van der Waals surface area contributed by atoms with Crippen LogP contribution in [0.1, 0.15) is 32.3 Å². The van der Waals surface area contributed by atoms with Gasteiger partial charge < -0.3 is 25.7 Å².